The van der Waals surface area contributed by atoms with Gasteiger partial charge in [-0.3, -0.25) is 9.59 Å². The van der Waals surface area contributed by atoms with Crippen LogP contribution in [0.15, 0.2) is 36.7 Å². The molecule has 3 heterocycles. The van der Waals surface area contributed by atoms with Crippen LogP contribution >= 0.6 is 0 Å². The van der Waals surface area contributed by atoms with Gasteiger partial charge in [-0.2, -0.15) is 0 Å². The molecule has 142 valence electrons. The lowest BCUT2D eigenvalue weighted by Gasteiger charge is -2.37. The summed E-state index contributed by atoms with van der Waals surface area (Å²) in [5.41, 5.74) is 2.01. The first kappa shape index (κ1) is 17.7. The zero-order valence-corrected chi connectivity index (χ0v) is 15.6. The van der Waals surface area contributed by atoms with E-state index in [-0.39, 0.29) is 24.4 Å². The van der Waals surface area contributed by atoms with E-state index in [1.165, 1.54) is 0 Å². The summed E-state index contributed by atoms with van der Waals surface area (Å²) < 4.78 is 1.95. The Morgan fingerprint density at radius 2 is 2.15 bits per heavy atom. The Bertz CT molecular complexity index is 846. The molecule has 2 amide bonds. The summed E-state index contributed by atoms with van der Waals surface area (Å²) in [4.78, 5) is 33.9. The summed E-state index contributed by atoms with van der Waals surface area (Å²) in [6.07, 6.45) is 5.81. The van der Waals surface area contributed by atoms with Crippen LogP contribution < -0.4 is 10.2 Å². The standard InChI is InChI=1S/C20H25N5O2/c1-23-11-10-22-20(23)17-13-21-9-12-24(17)19(27)14-25-16-7-3-2-5-15(16)6-4-8-18(25)26/h2-3,5,7,10-11,17,21H,4,6,8-9,12-14H2,1H3. The highest BCUT2D eigenvalue weighted by Crippen LogP contribution is 2.28. The highest BCUT2D eigenvalue weighted by atomic mass is 16.2. The molecule has 0 spiro atoms. The summed E-state index contributed by atoms with van der Waals surface area (Å²) >= 11 is 0. The number of rotatable bonds is 3. The number of anilines is 1. The van der Waals surface area contributed by atoms with Crippen LogP contribution in [0.5, 0.6) is 0 Å². The number of benzene rings is 1. The average Bonchev–Trinajstić information content (AvgIpc) is 3.05. The van der Waals surface area contributed by atoms with E-state index < -0.39 is 0 Å². The first-order valence-electron chi connectivity index (χ1n) is 9.51. The van der Waals surface area contributed by atoms with E-state index in [2.05, 4.69) is 10.3 Å². The fourth-order valence-electron chi connectivity index (χ4n) is 4.02. The number of nitrogens with one attached hydrogen (secondary N) is 1. The molecule has 1 unspecified atom stereocenters. The molecule has 1 saturated heterocycles. The molecule has 2 aromatic rings. The van der Waals surface area contributed by atoms with Crippen molar-refractivity contribution in [3.8, 4) is 0 Å². The van der Waals surface area contributed by atoms with E-state index >= 15 is 0 Å². The molecule has 0 bridgehead atoms. The molecular formula is C20H25N5O2. The normalized spacial score (nSPS) is 20.3. The molecule has 1 atom stereocenters. The summed E-state index contributed by atoms with van der Waals surface area (Å²) in [5.74, 6) is 0.852. The van der Waals surface area contributed by atoms with Crippen LogP contribution in [0, 0.1) is 0 Å². The quantitative estimate of drug-likeness (QED) is 0.887. The lowest BCUT2D eigenvalue weighted by molar-refractivity contribution is -0.134. The van der Waals surface area contributed by atoms with Crippen LogP contribution in [-0.4, -0.2) is 52.4 Å². The van der Waals surface area contributed by atoms with Crippen molar-refractivity contribution < 1.29 is 9.59 Å². The van der Waals surface area contributed by atoms with Crippen molar-refractivity contribution in [1.82, 2.24) is 19.8 Å². The SMILES string of the molecule is Cn1ccnc1C1CNCCN1C(=O)CN1C(=O)CCCc2ccccc21. The fourth-order valence-corrected chi connectivity index (χ4v) is 4.02. The van der Waals surface area contributed by atoms with Gasteiger partial charge in [0.1, 0.15) is 18.4 Å². The van der Waals surface area contributed by atoms with E-state index in [0.717, 1.165) is 36.5 Å². The maximum absolute atomic E-state index is 13.2. The van der Waals surface area contributed by atoms with Gasteiger partial charge in [0, 0.05) is 51.2 Å². The van der Waals surface area contributed by atoms with Gasteiger partial charge in [0.2, 0.25) is 11.8 Å². The van der Waals surface area contributed by atoms with Crippen LogP contribution in [0.2, 0.25) is 0 Å². The molecular weight excluding hydrogens is 342 g/mol. The van der Waals surface area contributed by atoms with Crippen LogP contribution in [-0.2, 0) is 23.1 Å². The van der Waals surface area contributed by atoms with Gasteiger partial charge in [0.15, 0.2) is 0 Å². The maximum Gasteiger partial charge on any atom is 0.243 e. The first-order valence-corrected chi connectivity index (χ1v) is 9.51. The largest absolute Gasteiger partial charge is 0.336 e. The highest BCUT2D eigenvalue weighted by Gasteiger charge is 2.33. The van der Waals surface area contributed by atoms with Crippen molar-refractivity contribution in [1.29, 1.82) is 0 Å². The fraction of sp³-hybridized carbons (Fsp3) is 0.450. The van der Waals surface area contributed by atoms with Gasteiger partial charge in [-0.05, 0) is 24.5 Å². The number of piperazine rings is 1. The van der Waals surface area contributed by atoms with Crippen LogP contribution in [0.4, 0.5) is 5.69 Å². The number of hydrogen-bond donors (Lipinski definition) is 1. The van der Waals surface area contributed by atoms with Crippen LogP contribution in [0.25, 0.3) is 0 Å². The van der Waals surface area contributed by atoms with E-state index in [0.29, 0.717) is 19.5 Å². The molecule has 0 radical (unpaired) electrons. The molecule has 27 heavy (non-hydrogen) atoms. The molecule has 1 aromatic carbocycles. The van der Waals surface area contributed by atoms with E-state index in [1.807, 2.05) is 47.0 Å². The highest BCUT2D eigenvalue weighted by molar-refractivity contribution is 6.00. The molecule has 7 heteroatoms. The third kappa shape index (κ3) is 3.47. The van der Waals surface area contributed by atoms with Gasteiger partial charge in [-0.1, -0.05) is 18.2 Å². The van der Waals surface area contributed by atoms with Gasteiger partial charge in [0.05, 0.1) is 0 Å². The third-order valence-electron chi connectivity index (χ3n) is 5.43. The number of aromatic nitrogens is 2. The molecule has 0 saturated carbocycles. The minimum atomic E-state index is -0.122. The first-order chi connectivity index (χ1) is 13.1. The van der Waals surface area contributed by atoms with Crippen LogP contribution in [0.3, 0.4) is 0 Å². The average molecular weight is 367 g/mol. The van der Waals surface area contributed by atoms with E-state index in [4.69, 9.17) is 0 Å². The number of amides is 2. The number of imidazole rings is 1. The van der Waals surface area contributed by atoms with Crippen molar-refractivity contribution in [2.75, 3.05) is 31.1 Å². The van der Waals surface area contributed by atoms with E-state index in [1.54, 1.807) is 11.1 Å². The van der Waals surface area contributed by atoms with Gasteiger partial charge < -0.3 is 19.7 Å². The second-order valence-electron chi connectivity index (χ2n) is 7.17. The van der Waals surface area contributed by atoms with Crippen molar-refractivity contribution in [3.05, 3.63) is 48.0 Å². The molecule has 1 fully saturated rings. The van der Waals surface area contributed by atoms with Gasteiger partial charge in [-0.15, -0.1) is 0 Å². The predicted molar refractivity (Wildman–Crippen MR) is 102 cm³/mol. The second-order valence-corrected chi connectivity index (χ2v) is 7.17. The topological polar surface area (TPSA) is 70.5 Å². The predicted octanol–water partition coefficient (Wildman–Crippen LogP) is 1.26. The van der Waals surface area contributed by atoms with Gasteiger partial charge >= 0.3 is 0 Å². The lowest BCUT2D eigenvalue weighted by atomic mass is 10.1. The zero-order chi connectivity index (χ0) is 18.8. The van der Waals surface area contributed by atoms with Crippen LogP contribution in [0.1, 0.15) is 30.3 Å². The molecule has 2 aliphatic heterocycles. The summed E-state index contributed by atoms with van der Waals surface area (Å²) in [5, 5.41) is 3.35. The molecule has 0 aliphatic carbocycles. The summed E-state index contributed by atoms with van der Waals surface area (Å²) in [7, 11) is 1.94. The van der Waals surface area contributed by atoms with Crippen molar-refractivity contribution in [2.45, 2.75) is 25.3 Å². The smallest absolute Gasteiger partial charge is 0.243 e. The van der Waals surface area contributed by atoms with Gasteiger partial charge in [0.25, 0.3) is 0 Å². The summed E-state index contributed by atoms with van der Waals surface area (Å²) in [6, 6.07) is 7.79. The number of carbonyl (C=O) groups excluding carboxylic acids is 2. The van der Waals surface area contributed by atoms with E-state index in [9.17, 15) is 9.59 Å². The zero-order valence-electron chi connectivity index (χ0n) is 15.6. The number of hydrogen-bond acceptors (Lipinski definition) is 4. The van der Waals surface area contributed by atoms with Gasteiger partial charge in [-0.25, -0.2) is 4.98 Å². The number of para-hydroxylation sites is 1. The Morgan fingerprint density at radius 3 is 2.96 bits per heavy atom. The molecule has 7 nitrogen and oxygen atoms in total. The Balaban J connectivity index is 1.59. The molecule has 1 N–H and O–H groups in total. The summed E-state index contributed by atoms with van der Waals surface area (Å²) in [6.45, 7) is 2.11. The number of nitrogens with zero attached hydrogens (tertiary/aromatic N) is 4. The second kappa shape index (κ2) is 7.52. The Labute approximate surface area is 159 Å². The number of fused-ring (bicyclic) bond motifs is 1. The molecule has 1 aromatic heterocycles. The minimum Gasteiger partial charge on any atom is -0.336 e. The van der Waals surface area contributed by atoms with Crippen molar-refractivity contribution >= 4 is 17.5 Å². The minimum absolute atomic E-state index is 0.0250. The van der Waals surface area contributed by atoms with Crippen molar-refractivity contribution in [3.63, 3.8) is 0 Å². The molecule has 2 aliphatic rings. The molecule has 4 rings (SSSR count). The maximum atomic E-state index is 13.2. The Hall–Kier alpha value is -2.67. The Morgan fingerprint density at radius 1 is 1.30 bits per heavy atom. The van der Waals surface area contributed by atoms with Crippen molar-refractivity contribution in [2.24, 2.45) is 7.05 Å². The lowest BCUT2D eigenvalue weighted by Crippen LogP contribution is -2.52. The third-order valence-corrected chi connectivity index (χ3v) is 5.43. The number of carbonyl (C=O) groups is 2. The number of aryl methyl sites for hydroxylation is 2. The monoisotopic (exact) mass is 367 g/mol. The Kier molecular flexibility index (Phi) is 4.94.